The van der Waals surface area contributed by atoms with Crippen LogP contribution in [0.4, 0.5) is 5.69 Å². The average molecular weight is 289 g/mol. The van der Waals surface area contributed by atoms with Crippen LogP contribution in [0.2, 0.25) is 0 Å². The first-order valence-corrected chi connectivity index (χ1v) is 6.89. The van der Waals surface area contributed by atoms with Crippen molar-refractivity contribution in [1.82, 2.24) is 0 Å². The van der Waals surface area contributed by atoms with Crippen LogP contribution in [0.15, 0.2) is 24.3 Å². The van der Waals surface area contributed by atoms with Gasteiger partial charge >= 0.3 is 5.97 Å². The number of hydrogen-bond acceptors (Lipinski definition) is 4. The van der Waals surface area contributed by atoms with E-state index in [2.05, 4.69) is 0 Å². The fourth-order valence-corrected chi connectivity index (χ4v) is 2.83. The molecule has 2 aliphatic heterocycles. The molecule has 0 aliphatic carbocycles. The van der Waals surface area contributed by atoms with Gasteiger partial charge in [0.1, 0.15) is 0 Å². The van der Waals surface area contributed by atoms with Crippen LogP contribution in [0.25, 0.3) is 0 Å². The second-order valence-electron chi connectivity index (χ2n) is 5.34. The van der Waals surface area contributed by atoms with Gasteiger partial charge in [0.05, 0.1) is 36.3 Å². The van der Waals surface area contributed by atoms with Crippen molar-refractivity contribution in [3.63, 3.8) is 0 Å². The lowest BCUT2D eigenvalue weighted by atomic mass is 10.1. The lowest BCUT2D eigenvalue weighted by molar-refractivity contribution is -0.132. The molecule has 6 heteroatoms. The number of carbonyl (C=O) groups excluding carboxylic acids is 2. The molecule has 1 N–H and O–H groups in total. The van der Waals surface area contributed by atoms with Gasteiger partial charge in [-0.05, 0) is 37.1 Å². The summed E-state index contributed by atoms with van der Waals surface area (Å²) in [5, 5.41) is 8.89. The summed E-state index contributed by atoms with van der Waals surface area (Å²) in [6, 6.07) is 5.76. The van der Waals surface area contributed by atoms with Crippen molar-refractivity contribution in [2.45, 2.75) is 37.9 Å². The second kappa shape index (κ2) is 5.29. The number of carbonyl (C=O) groups is 3. The van der Waals surface area contributed by atoms with Gasteiger partial charge in [-0.3, -0.25) is 14.5 Å². The molecule has 3 rings (SSSR count). The zero-order valence-corrected chi connectivity index (χ0v) is 11.3. The number of fused-ring (bicyclic) bond motifs is 2. The number of aromatic carboxylic acids is 1. The van der Waals surface area contributed by atoms with Crippen LogP contribution < -0.4 is 4.90 Å². The van der Waals surface area contributed by atoms with Gasteiger partial charge in [-0.15, -0.1) is 0 Å². The first-order chi connectivity index (χ1) is 10.0. The van der Waals surface area contributed by atoms with Gasteiger partial charge in [0.15, 0.2) is 0 Å². The van der Waals surface area contributed by atoms with E-state index >= 15 is 0 Å². The Labute approximate surface area is 121 Å². The van der Waals surface area contributed by atoms with E-state index in [1.807, 2.05) is 0 Å². The summed E-state index contributed by atoms with van der Waals surface area (Å²) < 4.78 is 5.63. The van der Waals surface area contributed by atoms with E-state index in [-0.39, 0.29) is 42.4 Å². The predicted octanol–water partition coefficient (Wildman–Crippen LogP) is 1.59. The van der Waals surface area contributed by atoms with Crippen molar-refractivity contribution in [3.8, 4) is 0 Å². The molecule has 0 aromatic heterocycles. The minimum absolute atomic E-state index is 0.114. The SMILES string of the molecule is O=C(O)c1ccc(N2C(=O)CC3CCC(CC2=O)O3)cc1. The van der Waals surface area contributed by atoms with E-state index in [1.54, 1.807) is 0 Å². The maximum atomic E-state index is 12.3. The highest BCUT2D eigenvalue weighted by atomic mass is 16.5. The molecule has 2 unspecified atom stereocenters. The third kappa shape index (κ3) is 2.67. The highest BCUT2D eigenvalue weighted by molar-refractivity contribution is 6.15. The number of benzene rings is 1. The van der Waals surface area contributed by atoms with Gasteiger partial charge in [-0.1, -0.05) is 0 Å². The van der Waals surface area contributed by atoms with Gasteiger partial charge in [-0.2, -0.15) is 0 Å². The molecule has 2 aliphatic rings. The number of carboxylic acids is 1. The van der Waals surface area contributed by atoms with Gasteiger partial charge in [0.25, 0.3) is 0 Å². The minimum Gasteiger partial charge on any atom is -0.478 e. The van der Waals surface area contributed by atoms with Gasteiger partial charge < -0.3 is 9.84 Å². The summed E-state index contributed by atoms with van der Waals surface area (Å²) in [4.78, 5) is 36.6. The zero-order chi connectivity index (χ0) is 15.0. The van der Waals surface area contributed by atoms with Gasteiger partial charge in [0.2, 0.25) is 11.8 Å². The van der Waals surface area contributed by atoms with Crippen molar-refractivity contribution in [3.05, 3.63) is 29.8 Å². The second-order valence-corrected chi connectivity index (χ2v) is 5.34. The molecule has 110 valence electrons. The Morgan fingerprint density at radius 1 is 1.05 bits per heavy atom. The molecule has 2 atom stereocenters. The molecule has 1 aromatic rings. The van der Waals surface area contributed by atoms with Gasteiger partial charge in [0, 0.05) is 0 Å². The molecule has 1 aromatic carbocycles. The first kappa shape index (κ1) is 13.8. The van der Waals surface area contributed by atoms with E-state index in [0.717, 1.165) is 17.7 Å². The van der Waals surface area contributed by atoms with Crippen LogP contribution in [-0.4, -0.2) is 35.1 Å². The monoisotopic (exact) mass is 289 g/mol. The summed E-state index contributed by atoms with van der Waals surface area (Å²) in [5.41, 5.74) is 0.533. The van der Waals surface area contributed by atoms with Crippen LogP contribution in [0.5, 0.6) is 0 Å². The number of anilines is 1. The Bertz CT molecular complexity index is 571. The van der Waals surface area contributed by atoms with E-state index in [9.17, 15) is 14.4 Å². The van der Waals surface area contributed by atoms with E-state index in [0.29, 0.717) is 5.69 Å². The molecule has 21 heavy (non-hydrogen) atoms. The Morgan fingerprint density at radius 3 is 2.05 bits per heavy atom. The minimum atomic E-state index is -1.04. The van der Waals surface area contributed by atoms with Crippen molar-refractivity contribution >= 4 is 23.5 Å². The summed E-state index contributed by atoms with van der Waals surface area (Å²) in [6.45, 7) is 0. The van der Waals surface area contributed by atoms with Crippen molar-refractivity contribution in [2.75, 3.05) is 4.90 Å². The normalized spacial score (nSPS) is 25.6. The maximum absolute atomic E-state index is 12.3. The molecular weight excluding hydrogens is 274 g/mol. The quantitative estimate of drug-likeness (QED) is 0.836. The van der Waals surface area contributed by atoms with Gasteiger partial charge in [-0.25, -0.2) is 4.79 Å². The molecule has 0 radical (unpaired) electrons. The Balaban J connectivity index is 1.89. The van der Waals surface area contributed by atoms with Crippen LogP contribution in [0.3, 0.4) is 0 Å². The van der Waals surface area contributed by atoms with E-state index < -0.39 is 5.97 Å². The number of hydrogen-bond donors (Lipinski definition) is 1. The first-order valence-electron chi connectivity index (χ1n) is 6.89. The predicted molar refractivity (Wildman–Crippen MR) is 73.0 cm³/mol. The van der Waals surface area contributed by atoms with Crippen molar-refractivity contribution in [2.24, 2.45) is 0 Å². The van der Waals surface area contributed by atoms with Crippen LogP contribution >= 0.6 is 0 Å². The Morgan fingerprint density at radius 2 is 1.57 bits per heavy atom. The summed E-state index contributed by atoms with van der Waals surface area (Å²) in [6.07, 6.45) is 1.74. The lowest BCUT2D eigenvalue weighted by Gasteiger charge is -2.26. The maximum Gasteiger partial charge on any atom is 0.335 e. The summed E-state index contributed by atoms with van der Waals surface area (Å²) in [5.74, 6) is -1.64. The number of ether oxygens (including phenoxy) is 1. The number of rotatable bonds is 2. The fourth-order valence-electron chi connectivity index (χ4n) is 2.83. The topological polar surface area (TPSA) is 83.9 Å². The Kier molecular flexibility index (Phi) is 3.47. The van der Waals surface area contributed by atoms with E-state index in [1.165, 1.54) is 24.3 Å². The highest BCUT2D eigenvalue weighted by Crippen LogP contribution is 2.30. The molecule has 2 saturated heterocycles. The molecule has 2 fully saturated rings. The van der Waals surface area contributed by atoms with Crippen molar-refractivity contribution in [1.29, 1.82) is 0 Å². The molecule has 6 nitrogen and oxygen atoms in total. The smallest absolute Gasteiger partial charge is 0.335 e. The third-order valence-corrected chi connectivity index (χ3v) is 3.87. The Hall–Kier alpha value is -2.21. The standard InChI is InChI=1S/C15H15NO5/c17-13-7-11-5-6-12(21-11)8-14(18)16(13)10-3-1-9(2-4-10)15(19)20/h1-4,11-12H,5-8H2,(H,19,20). The van der Waals surface area contributed by atoms with Crippen molar-refractivity contribution < 1.29 is 24.2 Å². The lowest BCUT2D eigenvalue weighted by Crippen LogP contribution is -2.42. The molecule has 2 amide bonds. The molecule has 0 spiro atoms. The fraction of sp³-hybridized carbons (Fsp3) is 0.400. The summed E-state index contributed by atoms with van der Waals surface area (Å²) >= 11 is 0. The molecule has 2 bridgehead atoms. The number of carboxylic acid groups (broad SMARTS) is 1. The average Bonchev–Trinajstić information content (AvgIpc) is 2.86. The van der Waals surface area contributed by atoms with Crippen LogP contribution in [0.1, 0.15) is 36.0 Å². The molecular formula is C15H15NO5. The number of imide groups is 1. The number of amides is 2. The van der Waals surface area contributed by atoms with Crippen LogP contribution in [0, 0.1) is 0 Å². The molecule has 0 saturated carbocycles. The molecule has 2 heterocycles. The summed E-state index contributed by atoms with van der Waals surface area (Å²) in [7, 11) is 0. The highest BCUT2D eigenvalue weighted by Gasteiger charge is 2.36. The zero-order valence-electron chi connectivity index (χ0n) is 11.3. The largest absolute Gasteiger partial charge is 0.478 e. The van der Waals surface area contributed by atoms with E-state index in [4.69, 9.17) is 9.84 Å². The third-order valence-electron chi connectivity index (χ3n) is 3.87. The number of nitrogens with zero attached hydrogens (tertiary/aromatic N) is 1. The van der Waals surface area contributed by atoms with Crippen LogP contribution in [-0.2, 0) is 14.3 Å².